The van der Waals surface area contributed by atoms with Gasteiger partial charge in [-0.1, -0.05) is 0 Å². The maximum absolute atomic E-state index is 11.5. The van der Waals surface area contributed by atoms with Crippen LogP contribution in [-0.4, -0.2) is 33.5 Å². The summed E-state index contributed by atoms with van der Waals surface area (Å²) in [4.78, 5) is 31.3. The number of hydrogen-bond donors (Lipinski definition) is 1. The fraction of sp³-hybridized carbons (Fsp3) is 0.333. The Kier molecular flexibility index (Phi) is 2.32. The molecule has 0 unspecified atom stereocenters. The number of aromatic nitrogens is 2. The number of carbonyl (C=O) groups excluding carboxylic acids is 1. The maximum Gasteiger partial charge on any atom is 0.308 e. The molecule has 1 fully saturated rings. The summed E-state index contributed by atoms with van der Waals surface area (Å²) in [6.07, 6.45) is 4.45. The molecule has 1 aromatic heterocycles. The molecule has 0 aliphatic carbocycles. The molecule has 6 heteroatoms. The lowest BCUT2D eigenvalue weighted by Crippen LogP contribution is -2.26. The largest absolute Gasteiger partial charge is 0.481 e. The van der Waals surface area contributed by atoms with Gasteiger partial charge in [0, 0.05) is 25.4 Å². The first-order valence-corrected chi connectivity index (χ1v) is 4.47. The van der Waals surface area contributed by atoms with Crippen molar-refractivity contribution in [3.05, 3.63) is 18.6 Å². The van der Waals surface area contributed by atoms with E-state index in [1.165, 1.54) is 23.5 Å². The predicted molar refractivity (Wildman–Crippen MR) is 50.1 cm³/mol. The van der Waals surface area contributed by atoms with Crippen molar-refractivity contribution >= 4 is 17.7 Å². The molecule has 6 nitrogen and oxygen atoms in total. The first-order chi connectivity index (χ1) is 7.18. The Balaban J connectivity index is 2.19. The van der Waals surface area contributed by atoms with E-state index in [1.807, 2.05) is 0 Å². The van der Waals surface area contributed by atoms with Crippen molar-refractivity contribution in [3.63, 3.8) is 0 Å². The summed E-state index contributed by atoms with van der Waals surface area (Å²) in [6, 6.07) is 0. The Hall–Kier alpha value is -1.98. The first-order valence-electron chi connectivity index (χ1n) is 4.47. The van der Waals surface area contributed by atoms with Gasteiger partial charge in [0.25, 0.3) is 0 Å². The number of nitrogens with zero attached hydrogens (tertiary/aromatic N) is 3. The van der Waals surface area contributed by atoms with Crippen LogP contribution >= 0.6 is 0 Å². The molecular weight excluding hydrogens is 198 g/mol. The second kappa shape index (κ2) is 3.64. The normalized spacial score (nSPS) is 20.7. The van der Waals surface area contributed by atoms with Gasteiger partial charge < -0.3 is 5.11 Å². The van der Waals surface area contributed by atoms with Crippen LogP contribution in [0.2, 0.25) is 0 Å². The van der Waals surface area contributed by atoms with Gasteiger partial charge in [0.2, 0.25) is 5.91 Å². The summed E-state index contributed by atoms with van der Waals surface area (Å²) in [6.45, 7) is 0.173. The van der Waals surface area contributed by atoms with E-state index >= 15 is 0 Å². The van der Waals surface area contributed by atoms with Crippen LogP contribution in [0.1, 0.15) is 6.42 Å². The van der Waals surface area contributed by atoms with Crippen molar-refractivity contribution in [2.45, 2.75) is 6.42 Å². The third-order valence-corrected chi connectivity index (χ3v) is 2.30. The molecule has 2 heterocycles. The minimum absolute atomic E-state index is 0.0336. The molecule has 1 atom stereocenters. The highest BCUT2D eigenvalue weighted by atomic mass is 16.4. The summed E-state index contributed by atoms with van der Waals surface area (Å²) in [7, 11) is 0. The number of amides is 1. The molecule has 0 bridgehead atoms. The van der Waals surface area contributed by atoms with E-state index < -0.39 is 11.9 Å². The van der Waals surface area contributed by atoms with Gasteiger partial charge >= 0.3 is 5.97 Å². The van der Waals surface area contributed by atoms with E-state index in [1.54, 1.807) is 0 Å². The van der Waals surface area contributed by atoms with Crippen LogP contribution in [0.5, 0.6) is 0 Å². The van der Waals surface area contributed by atoms with Crippen LogP contribution in [0.25, 0.3) is 0 Å². The molecule has 0 spiro atoms. The Bertz CT molecular complexity index is 393. The number of rotatable bonds is 2. The molecule has 1 aromatic rings. The third-order valence-electron chi connectivity index (χ3n) is 2.30. The predicted octanol–water partition coefficient (Wildman–Crippen LogP) is -0.0859. The standard InChI is InChI=1S/C9H9N3O3/c13-8-3-6(9(14)15)5-12(8)7-4-10-1-2-11-7/h1-2,4,6H,3,5H2,(H,14,15)/t6-/m0/s1. The highest BCUT2D eigenvalue weighted by Gasteiger charge is 2.35. The van der Waals surface area contributed by atoms with Gasteiger partial charge in [0.05, 0.1) is 12.1 Å². The quantitative estimate of drug-likeness (QED) is 0.732. The number of aliphatic carboxylic acids is 1. The molecule has 1 saturated heterocycles. The summed E-state index contributed by atoms with van der Waals surface area (Å²) < 4.78 is 0. The lowest BCUT2D eigenvalue weighted by Gasteiger charge is -2.13. The summed E-state index contributed by atoms with van der Waals surface area (Å²) in [5.41, 5.74) is 0. The molecule has 1 amide bonds. The summed E-state index contributed by atoms with van der Waals surface area (Å²) in [5.74, 6) is -1.40. The smallest absolute Gasteiger partial charge is 0.308 e. The Morgan fingerprint density at radius 3 is 2.87 bits per heavy atom. The highest BCUT2D eigenvalue weighted by molar-refractivity contribution is 5.98. The van der Waals surface area contributed by atoms with Gasteiger partial charge in [-0.3, -0.25) is 19.5 Å². The van der Waals surface area contributed by atoms with E-state index in [0.717, 1.165) is 0 Å². The maximum atomic E-state index is 11.5. The van der Waals surface area contributed by atoms with Crippen molar-refractivity contribution in [3.8, 4) is 0 Å². The molecule has 1 aliphatic heterocycles. The highest BCUT2D eigenvalue weighted by Crippen LogP contribution is 2.22. The van der Waals surface area contributed by atoms with Crippen molar-refractivity contribution in [1.29, 1.82) is 0 Å². The molecule has 78 valence electrons. The van der Waals surface area contributed by atoms with E-state index in [2.05, 4.69) is 9.97 Å². The molecule has 15 heavy (non-hydrogen) atoms. The average Bonchev–Trinajstić information content (AvgIpc) is 2.62. The molecule has 0 radical (unpaired) electrons. The van der Waals surface area contributed by atoms with Crippen LogP contribution in [-0.2, 0) is 9.59 Å². The number of carboxylic acids is 1. The van der Waals surface area contributed by atoms with Gasteiger partial charge in [-0.05, 0) is 0 Å². The molecular formula is C9H9N3O3. The topological polar surface area (TPSA) is 83.4 Å². The number of hydrogen-bond acceptors (Lipinski definition) is 4. The van der Waals surface area contributed by atoms with Crippen LogP contribution in [0.3, 0.4) is 0 Å². The van der Waals surface area contributed by atoms with E-state index in [4.69, 9.17) is 5.11 Å². The van der Waals surface area contributed by atoms with Crippen LogP contribution in [0.15, 0.2) is 18.6 Å². The zero-order valence-electron chi connectivity index (χ0n) is 7.83. The van der Waals surface area contributed by atoms with E-state index in [-0.39, 0.29) is 18.9 Å². The fourth-order valence-electron chi connectivity index (χ4n) is 1.53. The number of anilines is 1. The van der Waals surface area contributed by atoms with Crippen molar-refractivity contribution in [2.24, 2.45) is 5.92 Å². The minimum Gasteiger partial charge on any atom is -0.481 e. The van der Waals surface area contributed by atoms with Gasteiger partial charge in [-0.25, -0.2) is 4.98 Å². The molecule has 2 rings (SSSR count). The summed E-state index contributed by atoms with van der Waals surface area (Å²) in [5, 5.41) is 8.78. The molecule has 1 aliphatic rings. The Labute approximate surface area is 85.6 Å². The second-order valence-electron chi connectivity index (χ2n) is 3.31. The second-order valence-corrected chi connectivity index (χ2v) is 3.31. The molecule has 1 N–H and O–H groups in total. The first kappa shape index (κ1) is 9.57. The van der Waals surface area contributed by atoms with E-state index in [0.29, 0.717) is 5.82 Å². The van der Waals surface area contributed by atoms with Crippen molar-refractivity contribution < 1.29 is 14.7 Å². The van der Waals surface area contributed by atoms with E-state index in [9.17, 15) is 9.59 Å². The number of carboxylic acid groups (broad SMARTS) is 1. The SMILES string of the molecule is O=C(O)[C@H]1CC(=O)N(c2cnccn2)C1. The lowest BCUT2D eigenvalue weighted by atomic mass is 10.1. The van der Waals surface area contributed by atoms with Gasteiger partial charge in [0.1, 0.15) is 0 Å². The van der Waals surface area contributed by atoms with Crippen LogP contribution < -0.4 is 4.90 Å². The lowest BCUT2D eigenvalue weighted by molar-refractivity contribution is -0.141. The zero-order valence-corrected chi connectivity index (χ0v) is 7.83. The third kappa shape index (κ3) is 1.78. The van der Waals surface area contributed by atoms with Gasteiger partial charge in [-0.2, -0.15) is 0 Å². The van der Waals surface area contributed by atoms with Gasteiger partial charge in [0.15, 0.2) is 5.82 Å². The fourth-order valence-corrected chi connectivity index (χ4v) is 1.53. The Morgan fingerprint density at radius 1 is 1.53 bits per heavy atom. The monoisotopic (exact) mass is 207 g/mol. The minimum atomic E-state index is -0.949. The molecule has 0 saturated carbocycles. The average molecular weight is 207 g/mol. The summed E-state index contributed by atoms with van der Waals surface area (Å²) >= 11 is 0. The number of carbonyl (C=O) groups is 2. The van der Waals surface area contributed by atoms with Gasteiger partial charge in [-0.15, -0.1) is 0 Å². The van der Waals surface area contributed by atoms with Crippen molar-refractivity contribution in [2.75, 3.05) is 11.4 Å². The van der Waals surface area contributed by atoms with Crippen LogP contribution in [0, 0.1) is 5.92 Å². The van der Waals surface area contributed by atoms with Crippen molar-refractivity contribution in [1.82, 2.24) is 9.97 Å². The molecule has 0 aromatic carbocycles. The van der Waals surface area contributed by atoms with Crippen LogP contribution in [0.4, 0.5) is 5.82 Å². The zero-order chi connectivity index (χ0) is 10.8. The Morgan fingerprint density at radius 2 is 2.33 bits per heavy atom.